The lowest BCUT2D eigenvalue weighted by molar-refractivity contribution is -0.113. The van der Waals surface area contributed by atoms with Gasteiger partial charge in [0, 0.05) is 11.4 Å². The van der Waals surface area contributed by atoms with E-state index in [1.807, 2.05) is 36.4 Å². The first kappa shape index (κ1) is 22.7. The molecule has 34 heavy (non-hydrogen) atoms. The molecule has 0 saturated heterocycles. The lowest BCUT2D eigenvalue weighted by Crippen LogP contribution is -2.19. The van der Waals surface area contributed by atoms with E-state index < -0.39 is 5.91 Å². The number of amides is 2. The summed E-state index contributed by atoms with van der Waals surface area (Å²) >= 11 is 2.90. The minimum atomic E-state index is -0.468. The number of carbonyl (C=O) groups excluding carboxylic acids is 2. The summed E-state index contributed by atoms with van der Waals surface area (Å²) in [7, 11) is 0. The van der Waals surface area contributed by atoms with Gasteiger partial charge in [0.1, 0.15) is 5.00 Å². The number of aromatic nitrogens is 2. The zero-order chi connectivity index (χ0) is 23.5. The zero-order valence-corrected chi connectivity index (χ0v) is 20.4. The van der Waals surface area contributed by atoms with Crippen LogP contribution in [0.5, 0.6) is 0 Å². The molecule has 0 saturated carbocycles. The largest absolute Gasteiger partial charge is 0.365 e. The Morgan fingerprint density at radius 3 is 2.65 bits per heavy atom. The standard InChI is InChI=1S/C26H26N4O2S2/c27-24(32)23-18-10-4-7-13-21(18)34-25(23)29-22(31)16-33-26-28-19-11-5-6-12-20(19)30(26)15-14-17-8-2-1-3-9-17/h1-3,5-6,8-9,11-12H,4,7,10,13-16H2,(H2,27,32)(H,29,31). The summed E-state index contributed by atoms with van der Waals surface area (Å²) in [6.45, 7) is 0.776. The highest BCUT2D eigenvalue weighted by Gasteiger charge is 2.25. The second kappa shape index (κ2) is 10.0. The van der Waals surface area contributed by atoms with Crippen LogP contribution in [0.15, 0.2) is 59.8 Å². The predicted octanol–water partition coefficient (Wildman–Crippen LogP) is 5.05. The van der Waals surface area contributed by atoms with Gasteiger partial charge in [-0.1, -0.05) is 54.2 Å². The molecule has 0 spiro atoms. The first-order valence-corrected chi connectivity index (χ1v) is 13.3. The zero-order valence-electron chi connectivity index (χ0n) is 18.8. The number of hydrogen-bond donors (Lipinski definition) is 2. The summed E-state index contributed by atoms with van der Waals surface area (Å²) in [6.07, 6.45) is 4.82. The van der Waals surface area contributed by atoms with E-state index in [4.69, 9.17) is 10.7 Å². The van der Waals surface area contributed by atoms with Crippen LogP contribution < -0.4 is 11.1 Å². The lowest BCUT2D eigenvalue weighted by atomic mass is 9.95. The summed E-state index contributed by atoms with van der Waals surface area (Å²) < 4.78 is 2.18. The molecule has 0 atom stereocenters. The average Bonchev–Trinajstić information content (AvgIpc) is 3.39. The van der Waals surface area contributed by atoms with Crippen molar-refractivity contribution in [2.24, 2.45) is 5.73 Å². The highest BCUT2D eigenvalue weighted by atomic mass is 32.2. The molecular formula is C26H26N4O2S2. The highest BCUT2D eigenvalue weighted by molar-refractivity contribution is 7.99. The Morgan fingerprint density at radius 1 is 1.06 bits per heavy atom. The van der Waals surface area contributed by atoms with Gasteiger partial charge in [-0.05, 0) is 55.4 Å². The molecule has 0 radical (unpaired) electrons. The second-order valence-electron chi connectivity index (χ2n) is 8.39. The van der Waals surface area contributed by atoms with Crippen LogP contribution in [0.1, 0.15) is 39.2 Å². The Bertz CT molecular complexity index is 1340. The Hall–Kier alpha value is -3.10. The minimum absolute atomic E-state index is 0.159. The number of fused-ring (bicyclic) bond motifs is 2. The molecule has 2 aromatic heterocycles. The molecule has 0 aliphatic heterocycles. The molecule has 3 N–H and O–H groups in total. The average molecular weight is 491 g/mol. The molecule has 0 bridgehead atoms. The van der Waals surface area contributed by atoms with Crippen LogP contribution in [0.2, 0.25) is 0 Å². The molecule has 2 heterocycles. The second-order valence-corrected chi connectivity index (χ2v) is 10.4. The predicted molar refractivity (Wildman–Crippen MR) is 139 cm³/mol. The molecular weight excluding hydrogens is 464 g/mol. The lowest BCUT2D eigenvalue weighted by Gasteiger charge is -2.11. The van der Waals surface area contributed by atoms with E-state index >= 15 is 0 Å². The number of para-hydroxylation sites is 2. The number of nitrogens with two attached hydrogens (primary N) is 1. The Balaban J connectivity index is 1.32. The molecule has 0 fully saturated rings. The number of nitrogens with zero attached hydrogens (tertiary/aromatic N) is 2. The SMILES string of the molecule is NC(=O)c1c(NC(=O)CSc2nc3ccccc3n2CCc2ccccc2)sc2c1CCCC2. The fourth-order valence-corrected chi connectivity index (χ4v) is 6.62. The molecule has 1 aliphatic carbocycles. The van der Waals surface area contributed by atoms with Gasteiger partial charge in [0.05, 0.1) is 22.3 Å². The number of anilines is 1. The van der Waals surface area contributed by atoms with Gasteiger partial charge in [0.25, 0.3) is 5.91 Å². The van der Waals surface area contributed by atoms with Crippen LogP contribution in [-0.2, 0) is 30.6 Å². The Morgan fingerprint density at radius 2 is 1.82 bits per heavy atom. The van der Waals surface area contributed by atoms with Gasteiger partial charge >= 0.3 is 0 Å². The number of carbonyl (C=O) groups is 2. The van der Waals surface area contributed by atoms with E-state index in [9.17, 15) is 9.59 Å². The molecule has 0 unspecified atom stereocenters. The number of hydrogen-bond acceptors (Lipinski definition) is 5. The molecule has 174 valence electrons. The first-order valence-electron chi connectivity index (χ1n) is 11.5. The van der Waals surface area contributed by atoms with Gasteiger partial charge in [-0.25, -0.2) is 4.98 Å². The molecule has 2 aromatic carbocycles. The minimum Gasteiger partial charge on any atom is -0.365 e. The van der Waals surface area contributed by atoms with E-state index in [1.165, 1.54) is 33.5 Å². The fraction of sp³-hybridized carbons (Fsp3) is 0.269. The number of thioether (sulfide) groups is 1. The van der Waals surface area contributed by atoms with Crippen LogP contribution in [0.3, 0.4) is 0 Å². The Labute approximate surface area is 206 Å². The van der Waals surface area contributed by atoms with Crippen molar-refractivity contribution >= 4 is 50.9 Å². The van der Waals surface area contributed by atoms with Gasteiger partial charge in [0.2, 0.25) is 5.91 Å². The monoisotopic (exact) mass is 490 g/mol. The third-order valence-electron chi connectivity index (χ3n) is 6.09. The molecule has 6 nitrogen and oxygen atoms in total. The molecule has 1 aliphatic rings. The molecule has 4 aromatic rings. The topological polar surface area (TPSA) is 90.0 Å². The van der Waals surface area contributed by atoms with Crippen molar-refractivity contribution in [1.29, 1.82) is 0 Å². The van der Waals surface area contributed by atoms with Crippen molar-refractivity contribution in [2.75, 3.05) is 11.1 Å². The third kappa shape index (κ3) is 4.74. The van der Waals surface area contributed by atoms with Crippen molar-refractivity contribution in [2.45, 2.75) is 43.8 Å². The van der Waals surface area contributed by atoms with Gasteiger partial charge in [-0.2, -0.15) is 0 Å². The number of primary amides is 1. The smallest absolute Gasteiger partial charge is 0.251 e. The number of thiophene rings is 1. The highest BCUT2D eigenvalue weighted by Crippen LogP contribution is 2.38. The van der Waals surface area contributed by atoms with Crippen LogP contribution in [-0.4, -0.2) is 27.1 Å². The van der Waals surface area contributed by atoms with Crippen molar-refractivity contribution in [3.63, 3.8) is 0 Å². The third-order valence-corrected chi connectivity index (χ3v) is 8.27. The van der Waals surface area contributed by atoms with E-state index in [-0.39, 0.29) is 11.7 Å². The Kier molecular flexibility index (Phi) is 6.69. The fourth-order valence-electron chi connectivity index (χ4n) is 4.47. The molecule has 2 amide bonds. The maximum atomic E-state index is 12.9. The van der Waals surface area contributed by atoms with E-state index in [2.05, 4.69) is 28.1 Å². The van der Waals surface area contributed by atoms with Crippen molar-refractivity contribution < 1.29 is 9.59 Å². The summed E-state index contributed by atoms with van der Waals surface area (Å²) in [6, 6.07) is 18.4. The van der Waals surface area contributed by atoms with Crippen LogP contribution in [0.25, 0.3) is 11.0 Å². The molecule has 5 rings (SSSR count). The van der Waals surface area contributed by atoms with Crippen molar-refractivity contribution in [1.82, 2.24) is 9.55 Å². The summed E-state index contributed by atoms with van der Waals surface area (Å²) in [4.78, 5) is 30.9. The normalized spacial score (nSPS) is 13.1. The summed E-state index contributed by atoms with van der Waals surface area (Å²) in [5.41, 5.74) is 10.4. The summed E-state index contributed by atoms with van der Waals surface area (Å²) in [5, 5.41) is 4.35. The van der Waals surface area contributed by atoms with E-state index in [0.717, 1.165) is 60.4 Å². The van der Waals surface area contributed by atoms with Crippen molar-refractivity contribution in [3.05, 3.63) is 76.2 Å². The van der Waals surface area contributed by atoms with Gasteiger partial charge in [-0.3, -0.25) is 9.59 Å². The van der Waals surface area contributed by atoms with Crippen LogP contribution >= 0.6 is 23.1 Å². The number of aryl methyl sites for hydroxylation is 3. The maximum absolute atomic E-state index is 12.9. The van der Waals surface area contributed by atoms with E-state index in [0.29, 0.717) is 10.6 Å². The maximum Gasteiger partial charge on any atom is 0.251 e. The van der Waals surface area contributed by atoms with E-state index in [1.54, 1.807) is 0 Å². The first-order chi connectivity index (χ1) is 16.6. The summed E-state index contributed by atoms with van der Waals surface area (Å²) in [5.74, 6) is -0.423. The molecule has 8 heteroatoms. The van der Waals surface area contributed by atoms with Gasteiger partial charge in [-0.15, -0.1) is 11.3 Å². The number of benzene rings is 2. The number of nitrogens with one attached hydrogen (secondary N) is 1. The van der Waals surface area contributed by atoms with Crippen LogP contribution in [0, 0.1) is 0 Å². The number of rotatable bonds is 8. The van der Waals surface area contributed by atoms with Gasteiger partial charge in [0.15, 0.2) is 5.16 Å². The quantitative estimate of drug-likeness (QED) is 0.338. The number of imidazole rings is 1. The van der Waals surface area contributed by atoms with Crippen molar-refractivity contribution in [3.8, 4) is 0 Å². The van der Waals surface area contributed by atoms with Gasteiger partial charge < -0.3 is 15.6 Å². The van der Waals surface area contributed by atoms with Crippen LogP contribution in [0.4, 0.5) is 5.00 Å².